The Morgan fingerprint density at radius 2 is 1.81 bits per heavy atom. The van der Waals surface area contributed by atoms with Gasteiger partial charge in [-0.15, -0.1) is 0 Å². The highest BCUT2D eigenvalue weighted by Crippen LogP contribution is 2.40. The smallest absolute Gasteiger partial charge is 0.229 e. The van der Waals surface area contributed by atoms with Crippen LogP contribution in [0.15, 0.2) is 24.7 Å². The van der Waals surface area contributed by atoms with E-state index in [-0.39, 0.29) is 23.9 Å². The summed E-state index contributed by atoms with van der Waals surface area (Å²) in [5, 5.41) is 0. The van der Waals surface area contributed by atoms with Crippen LogP contribution >= 0.6 is 0 Å². The van der Waals surface area contributed by atoms with E-state index < -0.39 is 10.0 Å². The molecule has 168 valence electrons. The van der Waals surface area contributed by atoms with Crippen molar-refractivity contribution in [2.75, 3.05) is 5.75 Å². The molecule has 9 heteroatoms. The number of fused-ring (bicyclic) bond motifs is 2. The van der Waals surface area contributed by atoms with E-state index in [4.69, 9.17) is 9.47 Å². The van der Waals surface area contributed by atoms with Crippen LogP contribution in [0.1, 0.15) is 56.7 Å². The monoisotopic (exact) mass is 446 g/mol. The molecule has 0 spiro atoms. The number of pyridine rings is 1. The molecule has 0 aliphatic carbocycles. The van der Waals surface area contributed by atoms with E-state index in [1.54, 1.807) is 10.5 Å². The van der Waals surface area contributed by atoms with Crippen LogP contribution in [0.4, 0.5) is 0 Å². The van der Waals surface area contributed by atoms with Gasteiger partial charge in [-0.2, -0.15) is 4.31 Å². The first kappa shape index (κ1) is 22.0. The van der Waals surface area contributed by atoms with Crippen molar-refractivity contribution in [1.29, 1.82) is 0 Å². The fraction of sp³-hybridized carbons (Fsp3) is 0.591. The number of unbranched alkanes of at least 4 members (excludes halogenated alkanes) is 1. The van der Waals surface area contributed by atoms with Crippen LogP contribution in [0, 0.1) is 13.8 Å². The molecule has 4 heterocycles. The molecular weight excluding hydrogens is 416 g/mol. The highest BCUT2D eigenvalue weighted by molar-refractivity contribution is 7.89. The summed E-state index contributed by atoms with van der Waals surface area (Å²) in [6.07, 6.45) is 7.82. The lowest BCUT2D eigenvalue weighted by molar-refractivity contribution is 0.0907. The van der Waals surface area contributed by atoms with Crippen LogP contribution in [-0.2, 0) is 10.0 Å². The third kappa shape index (κ3) is 4.67. The largest absolute Gasteiger partial charge is 0.474 e. The fourth-order valence-corrected chi connectivity index (χ4v) is 6.70. The first-order valence-corrected chi connectivity index (χ1v) is 12.6. The van der Waals surface area contributed by atoms with Crippen molar-refractivity contribution in [1.82, 2.24) is 19.3 Å². The molecule has 8 nitrogen and oxygen atoms in total. The summed E-state index contributed by atoms with van der Waals surface area (Å²) in [5.41, 5.74) is 1.49. The van der Waals surface area contributed by atoms with Crippen molar-refractivity contribution < 1.29 is 17.9 Å². The highest BCUT2D eigenvalue weighted by atomic mass is 32.2. The SMILES string of the molecule is CCCCS(=O)(=O)N1[C@H]2CC[C@H]1CC(Oc1ncnc(Oc3cccnc3C)c1C)C2. The third-order valence-electron chi connectivity index (χ3n) is 6.13. The third-order valence-corrected chi connectivity index (χ3v) is 8.18. The normalized spacial score (nSPS) is 23.6. The summed E-state index contributed by atoms with van der Waals surface area (Å²) in [5.74, 6) is 1.79. The number of hydrogen-bond acceptors (Lipinski definition) is 7. The van der Waals surface area contributed by atoms with Crippen LogP contribution in [0.2, 0.25) is 0 Å². The fourth-order valence-electron chi connectivity index (χ4n) is 4.55. The lowest BCUT2D eigenvalue weighted by Crippen LogP contribution is -2.49. The maximum atomic E-state index is 12.8. The minimum Gasteiger partial charge on any atom is -0.474 e. The van der Waals surface area contributed by atoms with Crippen molar-refractivity contribution in [3.05, 3.63) is 35.9 Å². The Kier molecular flexibility index (Phi) is 6.43. The Morgan fingerprint density at radius 3 is 2.48 bits per heavy atom. The summed E-state index contributed by atoms with van der Waals surface area (Å²) in [6, 6.07) is 3.69. The molecule has 2 aromatic rings. The van der Waals surface area contributed by atoms with Gasteiger partial charge in [-0.25, -0.2) is 18.4 Å². The standard InChI is InChI=1S/C22H30N4O4S/c1-4-5-11-31(27,28)26-17-8-9-18(26)13-19(12-17)29-21-15(2)22(25-14-24-21)30-20-7-6-10-23-16(20)3/h6-7,10,14,17-19H,4-5,8-9,11-13H2,1-3H3/t17-,18-/m0/s1. The van der Waals surface area contributed by atoms with Gasteiger partial charge in [0.15, 0.2) is 5.75 Å². The quantitative estimate of drug-likeness (QED) is 0.609. The Morgan fingerprint density at radius 1 is 1.10 bits per heavy atom. The average Bonchev–Trinajstić information content (AvgIpc) is 3.03. The Labute approximate surface area is 184 Å². The summed E-state index contributed by atoms with van der Waals surface area (Å²) in [4.78, 5) is 12.8. The Bertz CT molecular complexity index is 1020. The van der Waals surface area contributed by atoms with E-state index in [1.165, 1.54) is 6.33 Å². The predicted molar refractivity (Wildman–Crippen MR) is 117 cm³/mol. The number of aromatic nitrogens is 3. The lowest BCUT2D eigenvalue weighted by Gasteiger charge is -2.37. The van der Waals surface area contributed by atoms with Gasteiger partial charge in [0.1, 0.15) is 12.4 Å². The van der Waals surface area contributed by atoms with Gasteiger partial charge in [0.05, 0.1) is 17.0 Å². The first-order valence-electron chi connectivity index (χ1n) is 11.0. The zero-order valence-electron chi connectivity index (χ0n) is 18.3. The van der Waals surface area contributed by atoms with E-state index in [9.17, 15) is 8.42 Å². The predicted octanol–water partition coefficient (Wildman–Crippen LogP) is 3.78. The van der Waals surface area contributed by atoms with Gasteiger partial charge < -0.3 is 9.47 Å². The minimum absolute atomic E-state index is 0.0153. The molecule has 2 aliphatic heterocycles. The van der Waals surface area contributed by atoms with E-state index in [0.29, 0.717) is 36.8 Å². The number of piperidine rings is 1. The van der Waals surface area contributed by atoms with E-state index in [2.05, 4.69) is 15.0 Å². The Hall–Kier alpha value is -2.26. The van der Waals surface area contributed by atoms with Crippen LogP contribution in [0.5, 0.6) is 17.5 Å². The summed E-state index contributed by atoms with van der Waals surface area (Å²) in [6.45, 7) is 5.76. The number of ether oxygens (including phenoxy) is 2. The number of nitrogens with zero attached hydrogens (tertiary/aromatic N) is 4. The zero-order valence-corrected chi connectivity index (χ0v) is 19.1. The van der Waals surface area contributed by atoms with Crippen molar-refractivity contribution >= 4 is 10.0 Å². The molecule has 0 saturated carbocycles. The first-order chi connectivity index (χ1) is 14.9. The molecule has 4 rings (SSSR count). The summed E-state index contributed by atoms with van der Waals surface area (Å²) < 4.78 is 39.6. The second kappa shape index (κ2) is 9.08. The number of rotatable bonds is 8. The van der Waals surface area contributed by atoms with E-state index in [0.717, 1.165) is 30.5 Å². The maximum absolute atomic E-state index is 12.8. The second-order valence-electron chi connectivity index (χ2n) is 8.39. The molecule has 0 radical (unpaired) electrons. The molecule has 0 N–H and O–H groups in total. The Balaban J connectivity index is 1.46. The lowest BCUT2D eigenvalue weighted by atomic mass is 10.0. The molecule has 0 unspecified atom stereocenters. The second-order valence-corrected chi connectivity index (χ2v) is 10.4. The molecule has 2 aliphatic rings. The number of sulfonamides is 1. The van der Waals surface area contributed by atoms with Crippen molar-refractivity contribution in [2.24, 2.45) is 0 Å². The molecule has 2 bridgehead atoms. The highest BCUT2D eigenvalue weighted by Gasteiger charge is 2.47. The van der Waals surface area contributed by atoms with Crippen molar-refractivity contribution in [3.8, 4) is 17.5 Å². The van der Waals surface area contributed by atoms with Gasteiger partial charge >= 0.3 is 0 Å². The van der Waals surface area contributed by atoms with Gasteiger partial charge in [-0.1, -0.05) is 13.3 Å². The van der Waals surface area contributed by atoms with Crippen LogP contribution in [0.3, 0.4) is 0 Å². The maximum Gasteiger partial charge on any atom is 0.229 e. The average molecular weight is 447 g/mol. The van der Waals surface area contributed by atoms with Crippen LogP contribution < -0.4 is 9.47 Å². The minimum atomic E-state index is -3.20. The molecule has 2 aromatic heterocycles. The molecule has 2 fully saturated rings. The van der Waals surface area contributed by atoms with E-state index >= 15 is 0 Å². The zero-order chi connectivity index (χ0) is 22.0. The molecule has 0 aromatic carbocycles. The molecule has 31 heavy (non-hydrogen) atoms. The van der Waals surface area contributed by atoms with Crippen LogP contribution in [0.25, 0.3) is 0 Å². The number of aryl methyl sites for hydroxylation is 1. The van der Waals surface area contributed by atoms with Gasteiger partial charge in [0.25, 0.3) is 0 Å². The van der Waals surface area contributed by atoms with Gasteiger partial charge in [-0.3, -0.25) is 4.98 Å². The number of hydrogen-bond donors (Lipinski definition) is 0. The van der Waals surface area contributed by atoms with Gasteiger partial charge in [-0.05, 0) is 45.2 Å². The van der Waals surface area contributed by atoms with Crippen molar-refractivity contribution in [3.63, 3.8) is 0 Å². The summed E-state index contributed by atoms with van der Waals surface area (Å²) in [7, 11) is -3.20. The molecule has 0 amide bonds. The van der Waals surface area contributed by atoms with Gasteiger partial charge in [0, 0.05) is 31.1 Å². The van der Waals surface area contributed by atoms with Gasteiger partial charge in [0.2, 0.25) is 21.8 Å². The summed E-state index contributed by atoms with van der Waals surface area (Å²) >= 11 is 0. The van der Waals surface area contributed by atoms with E-state index in [1.807, 2.05) is 32.9 Å². The molecular formula is C22H30N4O4S. The molecule has 2 atom stereocenters. The van der Waals surface area contributed by atoms with Crippen LogP contribution in [-0.4, -0.2) is 51.6 Å². The topological polar surface area (TPSA) is 94.5 Å². The molecule has 2 saturated heterocycles. The van der Waals surface area contributed by atoms with Crippen molar-refractivity contribution in [2.45, 2.75) is 77.5 Å².